The molecule has 154 valence electrons. The second-order valence-corrected chi connectivity index (χ2v) is 10.6. The van der Waals surface area contributed by atoms with E-state index < -0.39 is 15.9 Å². The summed E-state index contributed by atoms with van der Waals surface area (Å²) in [5, 5.41) is 0. The number of hydrogen-bond donors (Lipinski definition) is 3. The lowest BCUT2D eigenvalue weighted by molar-refractivity contribution is 0.0848. The van der Waals surface area contributed by atoms with Crippen molar-refractivity contribution in [3.8, 4) is 0 Å². The Kier molecular flexibility index (Phi) is 5.46. The number of carbonyl (C=O) groups is 2. The van der Waals surface area contributed by atoms with E-state index in [1.54, 1.807) is 0 Å². The Morgan fingerprint density at radius 2 is 1.83 bits per heavy atom. The molecule has 7 nitrogen and oxygen atoms in total. The van der Waals surface area contributed by atoms with Crippen LogP contribution in [0.5, 0.6) is 0 Å². The summed E-state index contributed by atoms with van der Waals surface area (Å²) in [4.78, 5) is 26.6. The van der Waals surface area contributed by atoms with E-state index in [-0.39, 0.29) is 22.4 Å². The standard InChI is InChI=1S/C20H23N3O4S2/c1-12-5-8-17-14(9-12)11-18(28-17)20(25)22-21-19(24)13-3-2-4-16(10-13)29(26,27)23-15-6-7-15/h2-4,10-12,15,23H,5-9H2,1H3,(H,21,24)(H,22,25). The number of hydrazine groups is 1. The SMILES string of the molecule is CC1CCc2sc(C(=O)NNC(=O)c3cccc(S(=O)(=O)NC4CC4)c3)cc2C1. The first kappa shape index (κ1) is 20.1. The van der Waals surface area contributed by atoms with Crippen LogP contribution in [0.4, 0.5) is 0 Å². The zero-order valence-corrected chi connectivity index (χ0v) is 17.7. The second-order valence-electron chi connectivity index (χ2n) is 7.74. The number of nitrogens with one attached hydrogen (secondary N) is 3. The predicted octanol–water partition coefficient (Wildman–Crippen LogP) is 2.39. The molecule has 3 N–H and O–H groups in total. The van der Waals surface area contributed by atoms with Crippen molar-refractivity contribution in [1.29, 1.82) is 0 Å². The highest BCUT2D eigenvalue weighted by Gasteiger charge is 2.28. The van der Waals surface area contributed by atoms with Crippen molar-refractivity contribution in [1.82, 2.24) is 15.6 Å². The van der Waals surface area contributed by atoms with Crippen molar-refractivity contribution < 1.29 is 18.0 Å². The Balaban J connectivity index is 1.39. The van der Waals surface area contributed by atoms with Crippen LogP contribution in [0.15, 0.2) is 35.2 Å². The molecule has 1 aromatic carbocycles. The first-order chi connectivity index (χ1) is 13.8. The van der Waals surface area contributed by atoms with E-state index in [0.717, 1.165) is 32.1 Å². The first-order valence-corrected chi connectivity index (χ1v) is 12.0. The summed E-state index contributed by atoms with van der Waals surface area (Å²) in [7, 11) is -3.65. The molecule has 29 heavy (non-hydrogen) atoms. The molecule has 0 bridgehead atoms. The van der Waals surface area contributed by atoms with Gasteiger partial charge in [0.15, 0.2) is 0 Å². The van der Waals surface area contributed by atoms with E-state index in [4.69, 9.17) is 0 Å². The summed E-state index contributed by atoms with van der Waals surface area (Å²) in [6.45, 7) is 2.20. The highest BCUT2D eigenvalue weighted by molar-refractivity contribution is 7.89. The molecule has 4 rings (SSSR count). The highest BCUT2D eigenvalue weighted by Crippen LogP contribution is 2.32. The summed E-state index contributed by atoms with van der Waals surface area (Å²) in [5.74, 6) is -0.327. The summed E-state index contributed by atoms with van der Waals surface area (Å²) in [6.07, 6.45) is 4.74. The third-order valence-corrected chi connectivity index (χ3v) is 7.90. The molecular weight excluding hydrogens is 410 g/mol. The van der Waals surface area contributed by atoms with Crippen LogP contribution in [0.1, 0.15) is 56.7 Å². The van der Waals surface area contributed by atoms with Gasteiger partial charge in [0, 0.05) is 16.5 Å². The number of benzene rings is 1. The number of thiophene rings is 1. The minimum atomic E-state index is -3.65. The number of amides is 2. The molecule has 2 aliphatic rings. The van der Waals surface area contributed by atoms with Crippen LogP contribution in [0.25, 0.3) is 0 Å². The van der Waals surface area contributed by atoms with E-state index >= 15 is 0 Å². The largest absolute Gasteiger partial charge is 0.279 e. The number of rotatable bonds is 5. The molecule has 1 aromatic heterocycles. The van der Waals surface area contributed by atoms with Gasteiger partial charge in [0.1, 0.15) is 0 Å². The zero-order valence-electron chi connectivity index (χ0n) is 16.0. The molecule has 0 spiro atoms. The van der Waals surface area contributed by atoms with Gasteiger partial charge in [-0.2, -0.15) is 0 Å². The summed E-state index contributed by atoms with van der Waals surface area (Å²) in [6, 6.07) is 7.63. The second kappa shape index (κ2) is 7.89. The number of sulfonamides is 1. The number of hydrogen-bond acceptors (Lipinski definition) is 5. The molecule has 1 unspecified atom stereocenters. The van der Waals surface area contributed by atoms with Gasteiger partial charge < -0.3 is 0 Å². The third kappa shape index (κ3) is 4.68. The Hall–Kier alpha value is -2.23. The third-order valence-electron chi connectivity index (χ3n) is 5.15. The molecule has 0 saturated heterocycles. The molecule has 0 aliphatic heterocycles. The minimum Gasteiger partial charge on any atom is -0.267 e. The van der Waals surface area contributed by atoms with E-state index in [1.807, 2.05) is 6.07 Å². The molecule has 1 fully saturated rings. The van der Waals surface area contributed by atoms with Gasteiger partial charge in [-0.3, -0.25) is 20.4 Å². The molecule has 1 saturated carbocycles. The van der Waals surface area contributed by atoms with Gasteiger partial charge >= 0.3 is 0 Å². The lowest BCUT2D eigenvalue weighted by atomic mass is 9.90. The Morgan fingerprint density at radius 3 is 2.59 bits per heavy atom. The van der Waals surface area contributed by atoms with Crippen LogP contribution in [0.3, 0.4) is 0 Å². The molecule has 9 heteroatoms. The molecular formula is C20H23N3O4S2. The van der Waals surface area contributed by atoms with Gasteiger partial charge in [0.05, 0.1) is 9.77 Å². The van der Waals surface area contributed by atoms with Crippen LogP contribution in [0.2, 0.25) is 0 Å². The van der Waals surface area contributed by atoms with Gasteiger partial charge in [-0.1, -0.05) is 13.0 Å². The number of aryl methyl sites for hydroxylation is 1. The smallest absolute Gasteiger partial charge is 0.267 e. The van der Waals surface area contributed by atoms with E-state index in [1.165, 1.54) is 46.0 Å². The van der Waals surface area contributed by atoms with E-state index in [9.17, 15) is 18.0 Å². The summed E-state index contributed by atoms with van der Waals surface area (Å²) >= 11 is 1.46. The molecule has 1 heterocycles. The maximum Gasteiger partial charge on any atom is 0.279 e. The van der Waals surface area contributed by atoms with Crippen molar-refractivity contribution in [3.05, 3.63) is 51.2 Å². The fourth-order valence-corrected chi connectivity index (χ4v) is 5.81. The van der Waals surface area contributed by atoms with Gasteiger partial charge in [-0.05, 0) is 67.9 Å². The molecule has 2 aromatic rings. The lowest BCUT2D eigenvalue weighted by Gasteiger charge is -2.16. The van der Waals surface area contributed by atoms with Crippen molar-refractivity contribution in [2.75, 3.05) is 0 Å². The van der Waals surface area contributed by atoms with Crippen LogP contribution >= 0.6 is 11.3 Å². The van der Waals surface area contributed by atoms with Crippen molar-refractivity contribution >= 4 is 33.2 Å². The van der Waals surface area contributed by atoms with Crippen LogP contribution < -0.4 is 15.6 Å². The van der Waals surface area contributed by atoms with E-state index in [0.29, 0.717) is 10.8 Å². The topological polar surface area (TPSA) is 104 Å². The highest BCUT2D eigenvalue weighted by atomic mass is 32.2. The normalized spacial score (nSPS) is 18.7. The lowest BCUT2D eigenvalue weighted by Crippen LogP contribution is -2.41. The average molecular weight is 434 g/mol. The quantitative estimate of drug-likeness (QED) is 0.630. The number of fused-ring (bicyclic) bond motifs is 1. The van der Waals surface area contributed by atoms with Crippen LogP contribution in [-0.4, -0.2) is 26.3 Å². The fourth-order valence-electron chi connectivity index (χ4n) is 3.36. The molecule has 1 atom stereocenters. The fraction of sp³-hybridized carbons (Fsp3) is 0.400. The zero-order chi connectivity index (χ0) is 20.6. The van der Waals surface area contributed by atoms with Crippen molar-refractivity contribution in [2.24, 2.45) is 5.92 Å². The Labute approximate surface area is 173 Å². The van der Waals surface area contributed by atoms with Crippen LogP contribution in [0, 0.1) is 5.92 Å². The average Bonchev–Trinajstić information content (AvgIpc) is 3.40. The Bertz CT molecular complexity index is 1060. The van der Waals surface area contributed by atoms with Gasteiger partial charge in [0.2, 0.25) is 10.0 Å². The maximum atomic E-state index is 12.4. The van der Waals surface area contributed by atoms with Gasteiger partial charge in [-0.25, -0.2) is 13.1 Å². The van der Waals surface area contributed by atoms with Gasteiger partial charge in [0.25, 0.3) is 11.8 Å². The summed E-state index contributed by atoms with van der Waals surface area (Å²) in [5.41, 5.74) is 6.17. The predicted molar refractivity (Wildman–Crippen MR) is 110 cm³/mol. The first-order valence-electron chi connectivity index (χ1n) is 9.66. The van der Waals surface area contributed by atoms with E-state index in [2.05, 4.69) is 22.5 Å². The maximum absolute atomic E-state index is 12.4. The monoisotopic (exact) mass is 433 g/mol. The Morgan fingerprint density at radius 1 is 1.07 bits per heavy atom. The molecule has 2 amide bonds. The molecule has 0 radical (unpaired) electrons. The van der Waals surface area contributed by atoms with Crippen molar-refractivity contribution in [2.45, 2.75) is 50.0 Å². The van der Waals surface area contributed by atoms with Gasteiger partial charge in [-0.15, -0.1) is 11.3 Å². The summed E-state index contributed by atoms with van der Waals surface area (Å²) < 4.78 is 27.2. The van der Waals surface area contributed by atoms with Crippen LogP contribution in [-0.2, 0) is 22.9 Å². The molecule has 2 aliphatic carbocycles. The van der Waals surface area contributed by atoms with Crippen molar-refractivity contribution in [3.63, 3.8) is 0 Å². The minimum absolute atomic E-state index is 0.0172. The number of carbonyl (C=O) groups excluding carboxylic acids is 2.